The molecule has 0 radical (unpaired) electrons. The van der Waals surface area contributed by atoms with Crippen molar-refractivity contribution in [2.45, 2.75) is 59.0 Å². The van der Waals surface area contributed by atoms with E-state index in [4.69, 9.17) is 4.74 Å². The third-order valence-electron chi connectivity index (χ3n) is 4.78. The number of carbonyl (C=O) groups excluding carboxylic acids is 1. The maximum atomic E-state index is 12.3. The van der Waals surface area contributed by atoms with Gasteiger partial charge in [0.1, 0.15) is 5.60 Å². The van der Waals surface area contributed by atoms with Crippen LogP contribution in [0.3, 0.4) is 0 Å². The number of ether oxygens (including phenoxy) is 1. The smallest absolute Gasteiger partial charge is 0.410 e. The van der Waals surface area contributed by atoms with Gasteiger partial charge in [0, 0.05) is 30.2 Å². The minimum Gasteiger partial charge on any atom is -0.444 e. The number of anilines is 2. The first-order valence-corrected chi connectivity index (χ1v) is 9.87. The van der Waals surface area contributed by atoms with E-state index in [-0.39, 0.29) is 6.09 Å². The minimum absolute atomic E-state index is 0.221. The van der Waals surface area contributed by atoms with Gasteiger partial charge in [0.15, 0.2) is 0 Å². The molecule has 1 aliphatic rings. The Morgan fingerprint density at radius 3 is 2.32 bits per heavy atom. The SMILES string of the molecule is Cc1cc(C)nc(Nc2ccccc2C2CCN(C(=O)OC(C)(C)C)CC2)n1. The van der Waals surface area contributed by atoms with Crippen molar-refractivity contribution in [1.29, 1.82) is 0 Å². The summed E-state index contributed by atoms with van der Waals surface area (Å²) in [5.41, 5.74) is 3.70. The van der Waals surface area contributed by atoms with Gasteiger partial charge in [-0.25, -0.2) is 14.8 Å². The number of rotatable bonds is 3. The number of hydrogen-bond donors (Lipinski definition) is 1. The molecule has 0 atom stereocenters. The van der Waals surface area contributed by atoms with Crippen LogP contribution in [-0.4, -0.2) is 39.7 Å². The van der Waals surface area contributed by atoms with E-state index in [9.17, 15) is 4.79 Å². The number of piperidine rings is 1. The van der Waals surface area contributed by atoms with E-state index in [2.05, 4.69) is 33.5 Å². The van der Waals surface area contributed by atoms with Crippen LogP contribution in [0.1, 0.15) is 56.5 Å². The largest absolute Gasteiger partial charge is 0.444 e. The van der Waals surface area contributed by atoms with Crippen molar-refractivity contribution in [2.24, 2.45) is 0 Å². The lowest BCUT2D eigenvalue weighted by Gasteiger charge is -2.34. The molecule has 28 heavy (non-hydrogen) atoms. The number of aryl methyl sites for hydroxylation is 2. The number of benzene rings is 1. The Morgan fingerprint density at radius 1 is 1.11 bits per heavy atom. The topological polar surface area (TPSA) is 67.4 Å². The number of likely N-dealkylation sites (tertiary alicyclic amines) is 1. The number of hydrogen-bond acceptors (Lipinski definition) is 5. The first-order chi connectivity index (χ1) is 13.2. The molecular weight excluding hydrogens is 352 g/mol. The maximum absolute atomic E-state index is 12.3. The monoisotopic (exact) mass is 382 g/mol. The number of carbonyl (C=O) groups is 1. The number of aromatic nitrogens is 2. The molecule has 1 amide bonds. The summed E-state index contributed by atoms with van der Waals surface area (Å²) < 4.78 is 5.50. The lowest BCUT2D eigenvalue weighted by Crippen LogP contribution is -2.41. The molecular formula is C22H30N4O2. The summed E-state index contributed by atoms with van der Waals surface area (Å²) in [5.74, 6) is 1.00. The maximum Gasteiger partial charge on any atom is 0.410 e. The van der Waals surface area contributed by atoms with Crippen LogP contribution in [0.25, 0.3) is 0 Å². The van der Waals surface area contributed by atoms with Crippen LogP contribution in [0.2, 0.25) is 0 Å². The third kappa shape index (κ3) is 5.21. The van der Waals surface area contributed by atoms with E-state index in [1.165, 1.54) is 5.56 Å². The fourth-order valence-electron chi connectivity index (χ4n) is 3.57. The average Bonchev–Trinajstić information content (AvgIpc) is 2.60. The third-order valence-corrected chi connectivity index (χ3v) is 4.78. The summed E-state index contributed by atoms with van der Waals surface area (Å²) in [6.45, 7) is 11.0. The normalized spacial score (nSPS) is 15.4. The van der Waals surface area contributed by atoms with Crippen LogP contribution in [-0.2, 0) is 4.74 Å². The molecule has 2 heterocycles. The lowest BCUT2D eigenvalue weighted by atomic mass is 9.88. The van der Waals surface area contributed by atoms with Gasteiger partial charge in [-0.3, -0.25) is 0 Å². The van der Waals surface area contributed by atoms with Crippen molar-refractivity contribution < 1.29 is 9.53 Å². The highest BCUT2D eigenvalue weighted by molar-refractivity contribution is 5.68. The molecule has 0 unspecified atom stereocenters. The number of nitrogens with zero attached hydrogens (tertiary/aromatic N) is 3. The van der Waals surface area contributed by atoms with Crippen molar-refractivity contribution in [1.82, 2.24) is 14.9 Å². The van der Waals surface area contributed by atoms with Crippen LogP contribution in [0.15, 0.2) is 30.3 Å². The van der Waals surface area contributed by atoms with Crippen molar-refractivity contribution in [3.05, 3.63) is 47.3 Å². The Bertz CT molecular complexity index is 816. The van der Waals surface area contributed by atoms with Gasteiger partial charge < -0.3 is 15.0 Å². The molecule has 3 rings (SSSR count). The molecule has 1 N–H and O–H groups in total. The van der Waals surface area contributed by atoms with Gasteiger partial charge >= 0.3 is 6.09 Å². The predicted molar refractivity (Wildman–Crippen MR) is 111 cm³/mol. The van der Waals surface area contributed by atoms with E-state index in [1.54, 1.807) is 0 Å². The van der Waals surface area contributed by atoms with Gasteiger partial charge in [-0.05, 0) is 71.1 Å². The molecule has 6 nitrogen and oxygen atoms in total. The van der Waals surface area contributed by atoms with Gasteiger partial charge in [0.25, 0.3) is 0 Å². The summed E-state index contributed by atoms with van der Waals surface area (Å²) in [7, 11) is 0. The zero-order chi connectivity index (χ0) is 20.3. The van der Waals surface area contributed by atoms with Crippen molar-refractivity contribution in [3.8, 4) is 0 Å². The number of para-hydroxylation sites is 1. The second-order valence-corrected chi connectivity index (χ2v) is 8.43. The molecule has 1 aromatic carbocycles. The Balaban J connectivity index is 1.69. The zero-order valence-electron chi connectivity index (χ0n) is 17.5. The Hall–Kier alpha value is -2.63. The second-order valence-electron chi connectivity index (χ2n) is 8.43. The molecule has 1 saturated heterocycles. The highest BCUT2D eigenvalue weighted by atomic mass is 16.6. The molecule has 2 aromatic rings. The molecule has 1 aromatic heterocycles. The van der Waals surface area contributed by atoms with E-state index in [1.807, 2.05) is 51.7 Å². The summed E-state index contributed by atoms with van der Waals surface area (Å²) in [4.78, 5) is 23.1. The van der Waals surface area contributed by atoms with Gasteiger partial charge in [-0.1, -0.05) is 18.2 Å². The van der Waals surface area contributed by atoms with Gasteiger partial charge in [0.2, 0.25) is 5.95 Å². The number of nitrogens with one attached hydrogen (secondary N) is 1. The first-order valence-electron chi connectivity index (χ1n) is 9.87. The van der Waals surface area contributed by atoms with Crippen LogP contribution >= 0.6 is 0 Å². The van der Waals surface area contributed by atoms with Crippen LogP contribution in [0.4, 0.5) is 16.4 Å². The Morgan fingerprint density at radius 2 is 1.71 bits per heavy atom. The van der Waals surface area contributed by atoms with Gasteiger partial charge in [0.05, 0.1) is 0 Å². The van der Waals surface area contributed by atoms with Gasteiger partial charge in [-0.15, -0.1) is 0 Å². The fourth-order valence-corrected chi connectivity index (χ4v) is 3.57. The molecule has 0 spiro atoms. The number of amides is 1. The molecule has 6 heteroatoms. The van der Waals surface area contributed by atoms with Crippen molar-refractivity contribution in [3.63, 3.8) is 0 Å². The summed E-state index contributed by atoms with van der Waals surface area (Å²) in [5, 5.41) is 3.39. The quantitative estimate of drug-likeness (QED) is 0.813. The fraction of sp³-hybridized carbons (Fsp3) is 0.500. The molecule has 150 valence electrons. The van der Waals surface area contributed by atoms with Crippen molar-refractivity contribution >= 4 is 17.7 Å². The highest BCUT2D eigenvalue weighted by Gasteiger charge is 2.28. The predicted octanol–water partition coefficient (Wildman–Crippen LogP) is 4.95. The average molecular weight is 383 g/mol. The van der Waals surface area contributed by atoms with E-state index in [0.717, 1.165) is 29.9 Å². The molecule has 0 aliphatic carbocycles. The molecule has 1 aliphatic heterocycles. The van der Waals surface area contributed by atoms with Crippen LogP contribution in [0, 0.1) is 13.8 Å². The summed E-state index contributed by atoms with van der Waals surface area (Å²) in [6.07, 6.45) is 1.60. The van der Waals surface area contributed by atoms with E-state index < -0.39 is 5.60 Å². The Labute approximate surface area is 167 Å². The van der Waals surface area contributed by atoms with Crippen molar-refractivity contribution in [2.75, 3.05) is 18.4 Å². The first kappa shape index (κ1) is 20.1. The molecule has 0 bridgehead atoms. The summed E-state index contributed by atoms with van der Waals surface area (Å²) >= 11 is 0. The molecule has 1 fully saturated rings. The Kier molecular flexibility index (Phi) is 5.87. The minimum atomic E-state index is -0.462. The standard InChI is InChI=1S/C22H30N4O2/c1-15-14-16(2)24-20(23-15)25-19-9-7-6-8-18(19)17-10-12-26(13-11-17)21(27)28-22(3,4)5/h6-9,14,17H,10-13H2,1-5H3,(H,23,24,25). The van der Waals surface area contributed by atoms with Crippen LogP contribution < -0.4 is 5.32 Å². The summed E-state index contributed by atoms with van der Waals surface area (Å²) in [6, 6.07) is 10.3. The molecule has 0 saturated carbocycles. The van der Waals surface area contributed by atoms with E-state index in [0.29, 0.717) is 25.0 Å². The second kappa shape index (κ2) is 8.17. The van der Waals surface area contributed by atoms with E-state index >= 15 is 0 Å². The highest BCUT2D eigenvalue weighted by Crippen LogP contribution is 2.34. The van der Waals surface area contributed by atoms with Gasteiger partial charge in [-0.2, -0.15) is 0 Å². The lowest BCUT2D eigenvalue weighted by molar-refractivity contribution is 0.0205. The zero-order valence-corrected chi connectivity index (χ0v) is 17.5. The van der Waals surface area contributed by atoms with Crippen LogP contribution in [0.5, 0.6) is 0 Å².